The monoisotopic (exact) mass is 404 g/mol. The summed E-state index contributed by atoms with van der Waals surface area (Å²) in [7, 11) is 0. The molecule has 7 heteroatoms. The molecule has 0 aromatic carbocycles. The highest BCUT2D eigenvalue weighted by Gasteiger charge is 2.24. The van der Waals surface area contributed by atoms with Crippen LogP contribution in [0.4, 0.5) is 0 Å². The zero-order valence-corrected chi connectivity index (χ0v) is 17.7. The normalized spacial score (nSPS) is 18.6. The van der Waals surface area contributed by atoms with Gasteiger partial charge in [-0.25, -0.2) is 9.97 Å². The molecule has 2 aromatic heterocycles. The van der Waals surface area contributed by atoms with Gasteiger partial charge in [0.25, 0.3) is 0 Å². The molecule has 0 radical (unpaired) electrons. The van der Waals surface area contributed by atoms with Crippen LogP contribution in [-0.4, -0.2) is 35.1 Å². The highest BCUT2D eigenvalue weighted by atomic mass is 32.1. The largest absolute Gasteiger partial charge is 0.474 e. The van der Waals surface area contributed by atoms with E-state index in [2.05, 4.69) is 21.0 Å². The Morgan fingerprint density at radius 3 is 2.46 bits per heavy atom. The molecule has 0 unspecified atom stereocenters. The second kappa shape index (κ2) is 10.7. The molecule has 1 saturated carbocycles. The summed E-state index contributed by atoms with van der Waals surface area (Å²) in [5.41, 5.74) is 5.94. The fourth-order valence-electron chi connectivity index (χ4n) is 3.95. The summed E-state index contributed by atoms with van der Waals surface area (Å²) < 4.78 is 6.21. The van der Waals surface area contributed by atoms with Crippen LogP contribution >= 0.6 is 11.3 Å². The van der Waals surface area contributed by atoms with E-state index >= 15 is 0 Å². The number of hydrogen-bond donors (Lipinski definition) is 2. The molecular weight excluding hydrogens is 372 g/mol. The van der Waals surface area contributed by atoms with E-state index in [-0.39, 0.29) is 5.91 Å². The van der Waals surface area contributed by atoms with Gasteiger partial charge in [0.05, 0.1) is 5.39 Å². The molecular formula is C21H32N4O2S. The molecule has 154 valence electrons. The number of nitrogens with two attached hydrogens (primary N) is 1. The van der Waals surface area contributed by atoms with Crippen LogP contribution in [0, 0.1) is 0 Å². The lowest BCUT2D eigenvalue weighted by atomic mass is 9.98. The topological polar surface area (TPSA) is 90.1 Å². The van der Waals surface area contributed by atoms with Crippen molar-refractivity contribution in [1.82, 2.24) is 15.3 Å². The molecule has 6 nitrogen and oxygen atoms in total. The molecule has 0 spiro atoms. The Hall–Kier alpha value is -1.73. The van der Waals surface area contributed by atoms with Crippen LogP contribution in [0.5, 0.6) is 5.88 Å². The predicted molar refractivity (Wildman–Crippen MR) is 114 cm³/mol. The van der Waals surface area contributed by atoms with Gasteiger partial charge in [-0.05, 0) is 76.4 Å². The van der Waals surface area contributed by atoms with Crippen molar-refractivity contribution in [2.24, 2.45) is 5.73 Å². The molecule has 28 heavy (non-hydrogen) atoms. The van der Waals surface area contributed by atoms with Crippen LogP contribution in [0.2, 0.25) is 0 Å². The number of hydrogen-bond acceptors (Lipinski definition) is 6. The maximum absolute atomic E-state index is 9.22. The zero-order chi connectivity index (χ0) is 19.8. The number of aryl methyl sites for hydroxylation is 2. The van der Waals surface area contributed by atoms with Gasteiger partial charge in [0.15, 0.2) is 0 Å². The maximum Gasteiger partial charge on any atom is 0.225 e. The smallest absolute Gasteiger partial charge is 0.225 e. The number of nitrogens with zero attached hydrogens (tertiary/aromatic N) is 2. The first-order valence-corrected chi connectivity index (χ1v) is 11.4. The van der Waals surface area contributed by atoms with Gasteiger partial charge < -0.3 is 15.8 Å². The number of aromatic nitrogens is 2. The van der Waals surface area contributed by atoms with E-state index in [0.29, 0.717) is 6.10 Å². The molecule has 5 rings (SSSR count). The summed E-state index contributed by atoms with van der Waals surface area (Å²) in [6, 6.07) is 0. The van der Waals surface area contributed by atoms with E-state index in [0.717, 1.165) is 10.7 Å². The van der Waals surface area contributed by atoms with Gasteiger partial charge in [0, 0.05) is 11.8 Å². The van der Waals surface area contributed by atoms with Crippen molar-refractivity contribution in [3.8, 4) is 5.88 Å². The highest BCUT2D eigenvalue weighted by molar-refractivity contribution is 7.18. The number of rotatable bonds is 2. The number of amides is 1. The minimum Gasteiger partial charge on any atom is -0.474 e. The van der Waals surface area contributed by atoms with Crippen molar-refractivity contribution in [1.29, 1.82) is 0 Å². The van der Waals surface area contributed by atoms with Crippen molar-refractivity contribution in [3.05, 3.63) is 16.8 Å². The summed E-state index contributed by atoms with van der Waals surface area (Å²) in [4.78, 5) is 20.7. The molecule has 0 bridgehead atoms. The molecule has 2 aromatic rings. The van der Waals surface area contributed by atoms with Gasteiger partial charge >= 0.3 is 0 Å². The van der Waals surface area contributed by atoms with Gasteiger partial charge in [-0.3, -0.25) is 4.79 Å². The Morgan fingerprint density at radius 1 is 1.11 bits per heavy atom. The molecule has 3 N–H and O–H groups in total. The van der Waals surface area contributed by atoms with Crippen molar-refractivity contribution in [3.63, 3.8) is 0 Å². The molecule has 2 aliphatic carbocycles. The average molecular weight is 405 g/mol. The number of ether oxygens (including phenoxy) is 1. The molecule has 1 saturated heterocycles. The second-order valence-electron chi connectivity index (χ2n) is 7.66. The van der Waals surface area contributed by atoms with Crippen LogP contribution in [0.3, 0.4) is 0 Å². The van der Waals surface area contributed by atoms with E-state index in [4.69, 9.17) is 4.74 Å². The Kier molecular flexibility index (Phi) is 8.03. The Bertz CT molecular complexity index is 755. The number of primary amides is 1. The standard InChI is InChI=1S/C15H18N2OS.C4H9N.C2H5NO/c1-2-5-10(6-3-1)18-14-13-11-7-4-8-12(11)19-15(13)17-9-16-14;1-2-4-5-3-1;1-2(3)4/h9-10H,1-8H2;5H,1-4H2;1H3,(H2,3,4). The third-order valence-corrected chi connectivity index (χ3v) is 6.45. The molecule has 3 aliphatic rings. The fourth-order valence-corrected chi connectivity index (χ4v) is 5.17. The van der Waals surface area contributed by atoms with Gasteiger partial charge in [0.1, 0.15) is 17.3 Å². The van der Waals surface area contributed by atoms with E-state index in [9.17, 15) is 4.79 Å². The van der Waals surface area contributed by atoms with Gasteiger partial charge in [-0.2, -0.15) is 0 Å². The molecule has 3 heterocycles. The fraction of sp³-hybridized carbons (Fsp3) is 0.667. The summed E-state index contributed by atoms with van der Waals surface area (Å²) in [5, 5.41) is 4.44. The molecule has 0 atom stereocenters. The van der Waals surface area contributed by atoms with Crippen LogP contribution in [0.1, 0.15) is 68.7 Å². The number of carbonyl (C=O) groups is 1. The predicted octanol–water partition coefficient (Wildman–Crippen LogP) is 3.75. The van der Waals surface area contributed by atoms with Gasteiger partial charge in [-0.15, -0.1) is 11.3 Å². The van der Waals surface area contributed by atoms with Gasteiger partial charge in [0.2, 0.25) is 11.8 Å². The number of fused-ring (bicyclic) bond motifs is 3. The van der Waals surface area contributed by atoms with Crippen LogP contribution < -0.4 is 15.8 Å². The Balaban J connectivity index is 0.000000209. The van der Waals surface area contributed by atoms with Crippen LogP contribution in [0.15, 0.2) is 6.33 Å². The minimum absolute atomic E-state index is 0.333. The van der Waals surface area contributed by atoms with Crippen molar-refractivity contribution >= 4 is 27.5 Å². The lowest BCUT2D eigenvalue weighted by molar-refractivity contribution is -0.115. The van der Waals surface area contributed by atoms with E-state index in [1.807, 2.05) is 11.3 Å². The van der Waals surface area contributed by atoms with E-state index in [1.54, 1.807) is 6.33 Å². The number of nitrogens with one attached hydrogen (secondary N) is 1. The molecule has 1 amide bonds. The highest BCUT2D eigenvalue weighted by Crippen LogP contribution is 2.40. The summed E-state index contributed by atoms with van der Waals surface area (Å²) in [5.74, 6) is 0.510. The first-order chi connectivity index (χ1) is 13.6. The van der Waals surface area contributed by atoms with Crippen molar-refractivity contribution in [2.45, 2.75) is 77.2 Å². The number of carbonyl (C=O) groups excluding carboxylic acids is 1. The lowest BCUT2D eigenvalue weighted by Crippen LogP contribution is -2.20. The average Bonchev–Trinajstić information content (AvgIpc) is 3.42. The van der Waals surface area contributed by atoms with E-state index in [1.165, 1.54) is 100 Å². The number of thiophene rings is 1. The van der Waals surface area contributed by atoms with Crippen molar-refractivity contribution in [2.75, 3.05) is 13.1 Å². The van der Waals surface area contributed by atoms with Crippen molar-refractivity contribution < 1.29 is 9.53 Å². The quantitative estimate of drug-likeness (QED) is 0.795. The second-order valence-corrected chi connectivity index (χ2v) is 8.75. The molecule has 1 aliphatic heterocycles. The summed E-state index contributed by atoms with van der Waals surface area (Å²) in [6.07, 6.45) is 14.7. The third kappa shape index (κ3) is 5.88. The lowest BCUT2D eigenvalue weighted by Gasteiger charge is -2.22. The minimum atomic E-state index is -0.333. The van der Waals surface area contributed by atoms with E-state index < -0.39 is 0 Å². The Morgan fingerprint density at radius 2 is 1.82 bits per heavy atom. The third-order valence-electron chi connectivity index (χ3n) is 5.25. The zero-order valence-electron chi connectivity index (χ0n) is 16.8. The van der Waals surface area contributed by atoms with Gasteiger partial charge in [-0.1, -0.05) is 6.42 Å². The molecule has 2 fully saturated rings. The maximum atomic E-state index is 9.22. The summed E-state index contributed by atoms with van der Waals surface area (Å²) in [6.45, 7) is 3.81. The first kappa shape index (κ1) is 21.0. The first-order valence-electron chi connectivity index (χ1n) is 10.5. The SMILES string of the molecule is C1CCNC1.CC(N)=O.c1nc(OC2CCCCC2)c2c3c(sc2n1)CCC3. The Labute approximate surface area is 171 Å². The van der Waals surface area contributed by atoms with Crippen LogP contribution in [0.25, 0.3) is 10.2 Å². The summed E-state index contributed by atoms with van der Waals surface area (Å²) >= 11 is 1.83. The van der Waals surface area contributed by atoms with Crippen LogP contribution in [-0.2, 0) is 17.6 Å².